The van der Waals surface area contributed by atoms with Crippen molar-refractivity contribution in [1.29, 1.82) is 0 Å². The number of benzene rings is 3. The normalized spacial score (nSPS) is 10.7. The summed E-state index contributed by atoms with van der Waals surface area (Å²) < 4.78 is 28.1. The summed E-state index contributed by atoms with van der Waals surface area (Å²) in [5, 5.41) is 7.32. The first-order chi connectivity index (χ1) is 14.0. The molecule has 0 bridgehead atoms. The van der Waals surface area contributed by atoms with E-state index in [1.165, 1.54) is 47.1 Å². The van der Waals surface area contributed by atoms with Gasteiger partial charge in [0.15, 0.2) is 5.82 Å². The van der Waals surface area contributed by atoms with E-state index in [9.17, 15) is 13.6 Å². The second-order valence-corrected chi connectivity index (χ2v) is 6.56. The molecule has 8 heteroatoms. The van der Waals surface area contributed by atoms with Gasteiger partial charge < -0.3 is 5.32 Å². The van der Waals surface area contributed by atoms with Gasteiger partial charge in [0.05, 0.1) is 5.69 Å². The lowest BCUT2D eigenvalue weighted by atomic mass is 10.2. The van der Waals surface area contributed by atoms with E-state index in [4.69, 9.17) is 11.6 Å². The molecule has 0 unspecified atom stereocenters. The van der Waals surface area contributed by atoms with Crippen molar-refractivity contribution in [2.45, 2.75) is 0 Å². The smallest absolute Gasteiger partial charge is 0.295 e. The fourth-order valence-corrected chi connectivity index (χ4v) is 2.93. The van der Waals surface area contributed by atoms with Gasteiger partial charge in [0.1, 0.15) is 11.6 Å². The Morgan fingerprint density at radius 3 is 2.41 bits per heavy atom. The molecule has 0 aliphatic carbocycles. The van der Waals surface area contributed by atoms with Crippen molar-refractivity contribution < 1.29 is 13.6 Å². The summed E-state index contributed by atoms with van der Waals surface area (Å²) in [5.74, 6) is -1.27. The Kier molecular flexibility index (Phi) is 5.05. The Labute approximate surface area is 169 Å². The van der Waals surface area contributed by atoms with E-state index in [2.05, 4.69) is 15.4 Å². The van der Waals surface area contributed by atoms with Gasteiger partial charge in [-0.1, -0.05) is 29.8 Å². The molecule has 1 aromatic heterocycles. The third kappa shape index (κ3) is 4.14. The van der Waals surface area contributed by atoms with Gasteiger partial charge in [-0.05, 0) is 54.6 Å². The minimum Gasteiger partial charge on any atom is -0.319 e. The molecule has 29 heavy (non-hydrogen) atoms. The van der Waals surface area contributed by atoms with Gasteiger partial charge in [0, 0.05) is 16.3 Å². The fraction of sp³-hybridized carbons (Fsp3) is 0. The zero-order valence-electron chi connectivity index (χ0n) is 14.8. The lowest BCUT2D eigenvalue weighted by Gasteiger charge is -2.06. The van der Waals surface area contributed by atoms with Crippen LogP contribution in [-0.2, 0) is 0 Å². The molecule has 1 N–H and O–H groups in total. The Morgan fingerprint density at radius 2 is 1.69 bits per heavy atom. The Bertz CT molecular complexity index is 1190. The van der Waals surface area contributed by atoms with E-state index in [0.717, 1.165) is 0 Å². The van der Waals surface area contributed by atoms with Crippen molar-refractivity contribution in [3.8, 4) is 17.1 Å². The molecule has 1 heterocycles. The second kappa shape index (κ2) is 7.81. The average molecular weight is 411 g/mol. The number of hydrogen-bond donors (Lipinski definition) is 1. The van der Waals surface area contributed by atoms with Crippen LogP contribution < -0.4 is 5.32 Å². The van der Waals surface area contributed by atoms with Crippen LogP contribution in [0.2, 0.25) is 5.02 Å². The first-order valence-electron chi connectivity index (χ1n) is 8.55. The molecule has 3 aromatic carbocycles. The van der Waals surface area contributed by atoms with Crippen molar-refractivity contribution in [2.24, 2.45) is 0 Å². The highest BCUT2D eigenvalue weighted by Gasteiger charge is 2.19. The third-order valence-corrected chi connectivity index (χ3v) is 4.28. The Balaban J connectivity index is 1.76. The summed E-state index contributed by atoms with van der Waals surface area (Å²) in [6.45, 7) is 0. The van der Waals surface area contributed by atoms with Gasteiger partial charge in [-0.25, -0.2) is 18.4 Å². The molecular formula is C21H13ClF2N4O. The first kappa shape index (κ1) is 18.8. The molecule has 4 rings (SSSR count). The van der Waals surface area contributed by atoms with E-state index in [-0.39, 0.29) is 11.5 Å². The third-order valence-electron chi connectivity index (χ3n) is 4.05. The Hall–Kier alpha value is -3.58. The monoisotopic (exact) mass is 410 g/mol. The second-order valence-electron chi connectivity index (χ2n) is 6.12. The van der Waals surface area contributed by atoms with E-state index in [1.54, 1.807) is 30.3 Å². The molecule has 0 atom stereocenters. The maximum absolute atomic E-state index is 13.4. The molecule has 0 saturated heterocycles. The molecule has 0 aliphatic heterocycles. The number of carbonyl (C=O) groups is 1. The van der Waals surface area contributed by atoms with Crippen molar-refractivity contribution in [3.63, 3.8) is 0 Å². The van der Waals surface area contributed by atoms with E-state index < -0.39 is 17.5 Å². The summed E-state index contributed by atoms with van der Waals surface area (Å²) in [5.41, 5.74) is 1.41. The molecule has 0 aliphatic rings. The van der Waals surface area contributed by atoms with Crippen molar-refractivity contribution in [1.82, 2.24) is 14.8 Å². The predicted octanol–water partition coefficient (Wildman–Crippen LogP) is 5.12. The molecule has 144 valence electrons. The summed E-state index contributed by atoms with van der Waals surface area (Å²) >= 11 is 6.08. The van der Waals surface area contributed by atoms with Crippen molar-refractivity contribution in [3.05, 3.63) is 95.3 Å². The van der Waals surface area contributed by atoms with Crippen LogP contribution in [0.25, 0.3) is 17.1 Å². The summed E-state index contributed by atoms with van der Waals surface area (Å²) in [6, 6.07) is 18.0. The van der Waals surface area contributed by atoms with Gasteiger partial charge in [-0.2, -0.15) is 0 Å². The molecule has 1 amide bonds. The molecule has 0 saturated carbocycles. The predicted molar refractivity (Wildman–Crippen MR) is 106 cm³/mol. The van der Waals surface area contributed by atoms with Crippen LogP contribution in [0, 0.1) is 11.6 Å². The fourth-order valence-electron chi connectivity index (χ4n) is 2.74. The number of hydrogen-bond acceptors (Lipinski definition) is 3. The largest absolute Gasteiger partial charge is 0.319 e. The standard InChI is InChI=1S/C21H13ClF2N4O/c22-14-4-1-3-13(11-14)20-26-19(21(29)25-17-6-2-5-16(24)12-17)27-28(20)18-9-7-15(23)8-10-18/h1-12H,(H,25,29). The van der Waals surface area contributed by atoms with E-state index in [0.29, 0.717) is 22.1 Å². The summed E-state index contributed by atoms with van der Waals surface area (Å²) in [7, 11) is 0. The van der Waals surface area contributed by atoms with E-state index in [1.807, 2.05) is 0 Å². The van der Waals surface area contributed by atoms with Gasteiger partial charge in [0.25, 0.3) is 5.91 Å². The SMILES string of the molecule is O=C(Nc1cccc(F)c1)c1nc(-c2cccc(Cl)c2)n(-c2ccc(F)cc2)n1. The quantitative estimate of drug-likeness (QED) is 0.508. The zero-order chi connectivity index (χ0) is 20.4. The van der Waals surface area contributed by atoms with Gasteiger partial charge in [-0.15, -0.1) is 5.10 Å². The molecule has 0 fully saturated rings. The lowest BCUT2D eigenvalue weighted by molar-refractivity contribution is 0.101. The minimum atomic E-state index is -0.611. The number of aromatic nitrogens is 3. The number of nitrogens with one attached hydrogen (secondary N) is 1. The number of carbonyl (C=O) groups excluding carboxylic acids is 1. The van der Waals surface area contributed by atoms with Crippen molar-refractivity contribution in [2.75, 3.05) is 5.32 Å². The highest BCUT2D eigenvalue weighted by Crippen LogP contribution is 2.24. The number of amides is 1. The van der Waals surface area contributed by atoms with Gasteiger partial charge in [0.2, 0.25) is 5.82 Å². The number of halogens is 3. The highest BCUT2D eigenvalue weighted by molar-refractivity contribution is 6.30. The van der Waals surface area contributed by atoms with Crippen LogP contribution in [0.15, 0.2) is 72.8 Å². The number of nitrogens with zero attached hydrogens (tertiary/aromatic N) is 3. The first-order valence-corrected chi connectivity index (χ1v) is 8.93. The lowest BCUT2D eigenvalue weighted by Crippen LogP contribution is -2.14. The molecular weight excluding hydrogens is 398 g/mol. The van der Waals surface area contributed by atoms with Crippen molar-refractivity contribution >= 4 is 23.2 Å². The van der Waals surface area contributed by atoms with Crippen LogP contribution in [0.4, 0.5) is 14.5 Å². The minimum absolute atomic E-state index is 0.131. The van der Waals surface area contributed by atoms with Crippen LogP contribution >= 0.6 is 11.6 Å². The molecule has 0 spiro atoms. The summed E-state index contributed by atoms with van der Waals surface area (Å²) in [6.07, 6.45) is 0. The van der Waals surface area contributed by atoms with Crippen LogP contribution in [-0.4, -0.2) is 20.7 Å². The molecule has 0 radical (unpaired) electrons. The topological polar surface area (TPSA) is 59.8 Å². The molecule has 5 nitrogen and oxygen atoms in total. The van der Waals surface area contributed by atoms with Crippen LogP contribution in [0.1, 0.15) is 10.6 Å². The maximum Gasteiger partial charge on any atom is 0.295 e. The summed E-state index contributed by atoms with van der Waals surface area (Å²) in [4.78, 5) is 16.9. The zero-order valence-corrected chi connectivity index (χ0v) is 15.6. The van der Waals surface area contributed by atoms with Gasteiger partial charge in [-0.3, -0.25) is 4.79 Å². The maximum atomic E-state index is 13.4. The highest BCUT2D eigenvalue weighted by atomic mass is 35.5. The van der Waals surface area contributed by atoms with E-state index >= 15 is 0 Å². The van der Waals surface area contributed by atoms with Gasteiger partial charge >= 0.3 is 0 Å². The number of rotatable bonds is 4. The Morgan fingerprint density at radius 1 is 0.931 bits per heavy atom. The van der Waals surface area contributed by atoms with Crippen LogP contribution in [0.3, 0.4) is 0 Å². The molecule has 4 aromatic rings. The number of anilines is 1. The van der Waals surface area contributed by atoms with Crippen LogP contribution in [0.5, 0.6) is 0 Å². The average Bonchev–Trinajstić information content (AvgIpc) is 3.14.